The summed E-state index contributed by atoms with van der Waals surface area (Å²) in [4.78, 5) is 27.1. The number of ketones is 1. The lowest BCUT2D eigenvalue weighted by Gasteiger charge is -2.18. The Kier molecular flexibility index (Phi) is 5.38. The molecule has 6 nitrogen and oxygen atoms in total. The van der Waals surface area contributed by atoms with E-state index in [4.69, 9.17) is 4.42 Å². The van der Waals surface area contributed by atoms with Gasteiger partial charge in [-0.15, -0.1) is 11.3 Å². The van der Waals surface area contributed by atoms with Crippen molar-refractivity contribution in [2.24, 2.45) is 5.92 Å². The van der Waals surface area contributed by atoms with Crippen LogP contribution in [-0.4, -0.2) is 26.4 Å². The molecule has 0 saturated heterocycles. The first-order valence-corrected chi connectivity index (χ1v) is 12.3. The highest BCUT2D eigenvalue weighted by molar-refractivity contribution is 7.90. The third-order valence-corrected chi connectivity index (χ3v) is 7.29. The minimum atomic E-state index is -3.55. The number of nitrogens with one attached hydrogen (secondary N) is 1. The SMILES string of the molecule is CC1CCc2c(sc(NC(=O)c3ccc(S(C)(=O)=O)o3)c2C(=O)c2ccccc2)C1. The zero-order chi connectivity index (χ0) is 21.5. The van der Waals surface area contributed by atoms with Gasteiger partial charge in [-0.25, -0.2) is 8.42 Å². The topological polar surface area (TPSA) is 93.4 Å². The molecule has 0 aliphatic heterocycles. The summed E-state index contributed by atoms with van der Waals surface area (Å²) in [6.07, 6.45) is 3.65. The van der Waals surface area contributed by atoms with Gasteiger partial charge in [0.05, 0.1) is 5.56 Å². The summed E-state index contributed by atoms with van der Waals surface area (Å²) < 4.78 is 28.5. The maximum atomic E-state index is 13.3. The Bertz CT molecular complexity index is 1220. The van der Waals surface area contributed by atoms with Crippen LogP contribution in [0.4, 0.5) is 5.00 Å². The van der Waals surface area contributed by atoms with Gasteiger partial charge in [0.1, 0.15) is 5.00 Å². The summed E-state index contributed by atoms with van der Waals surface area (Å²) in [5.74, 6) is -0.317. The van der Waals surface area contributed by atoms with Crippen molar-refractivity contribution in [3.8, 4) is 0 Å². The maximum Gasteiger partial charge on any atom is 0.292 e. The van der Waals surface area contributed by atoms with Crippen molar-refractivity contribution < 1.29 is 22.4 Å². The lowest BCUT2D eigenvalue weighted by atomic mass is 9.86. The van der Waals surface area contributed by atoms with Crippen LogP contribution < -0.4 is 5.32 Å². The standard InChI is InChI=1S/C22H21NO5S2/c1-13-8-9-15-17(12-13)29-22(19(15)20(24)14-6-4-3-5-7-14)23-21(25)16-10-11-18(28-16)30(2,26)27/h3-7,10-11,13H,8-9,12H2,1-2H3,(H,23,25). The van der Waals surface area contributed by atoms with Crippen molar-refractivity contribution in [3.63, 3.8) is 0 Å². The van der Waals surface area contributed by atoms with E-state index in [-0.39, 0.29) is 16.6 Å². The highest BCUT2D eigenvalue weighted by Gasteiger charge is 2.29. The second kappa shape index (κ2) is 7.85. The Hall–Kier alpha value is -2.71. The van der Waals surface area contributed by atoms with Crippen LogP contribution in [0.25, 0.3) is 0 Å². The van der Waals surface area contributed by atoms with E-state index in [2.05, 4.69) is 12.2 Å². The molecule has 1 amide bonds. The summed E-state index contributed by atoms with van der Waals surface area (Å²) >= 11 is 1.41. The summed E-state index contributed by atoms with van der Waals surface area (Å²) in [6.45, 7) is 2.18. The first kappa shape index (κ1) is 20.6. The smallest absolute Gasteiger partial charge is 0.292 e. The fourth-order valence-corrected chi connectivity index (χ4v) is 5.58. The molecule has 8 heteroatoms. The van der Waals surface area contributed by atoms with Crippen molar-refractivity contribution in [3.05, 3.63) is 69.8 Å². The minimum Gasteiger partial charge on any atom is -0.440 e. The number of hydrogen-bond donors (Lipinski definition) is 1. The number of benzene rings is 1. The van der Waals surface area contributed by atoms with Crippen LogP contribution in [0, 0.1) is 5.92 Å². The van der Waals surface area contributed by atoms with Crippen molar-refractivity contribution in [1.82, 2.24) is 0 Å². The van der Waals surface area contributed by atoms with Crippen molar-refractivity contribution in [1.29, 1.82) is 0 Å². The molecule has 1 unspecified atom stereocenters. The van der Waals surface area contributed by atoms with E-state index in [0.717, 1.165) is 36.0 Å². The van der Waals surface area contributed by atoms with Gasteiger partial charge < -0.3 is 9.73 Å². The van der Waals surface area contributed by atoms with Crippen LogP contribution in [-0.2, 0) is 22.7 Å². The normalized spacial score (nSPS) is 16.1. The number of thiophene rings is 1. The molecule has 30 heavy (non-hydrogen) atoms. The molecule has 0 spiro atoms. The number of amides is 1. The van der Waals surface area contributed by atoms with E-state index in [1.165, 1.54) is 23.5 Å². The Labute approximate surface area is 178 Å². The predicted molar refractivity (Wildman–Crippen MR) is 115 cm³/mol. The molecule has 156 valence electrons. The van der Waals surface area contributed by atoms with E-state index < -0.39 is 15.7 Å². The van der Waals surface area contributed by atoms with E-state index in [1.807, 2.05) is 18.2 Å². The van der Waals surface area contributed by atoms with Crippen LogP contribution in [0.15, 0.2) is 52.0 Å². The maximum absolute atomic E-state index is 13.3. The molecule has 4 rings (SSSR count). The predicted octanol–water partition coefficient (Wildman–Crippen LogP) is 4.35. The van der Waals surface area contributed by atoms with Gasteiger partial charge >= 0.3 is 0 Å². The molecule has 1 aromatic carbocycles. The van der Waals surface area contributed by atoms with Crippen LogP contribution in [0.2, 0.25) is 0 Å². The van der Waals surface area contributed by atoms with Crippen molar-refractivity contribution in [2.45, 2.75) is 31.3 Å². The molecular weight excluding hydrogens is 422 g/mol. The highest BCUT2D eigenvalue weighted by atomic mass is 32.2. The van der Waals surface area contributed by atoms with E-state index in [1.54, 1.807) is 12.1 Å². The van der Waals surface area contributed by atoms with Crippen LogP contribution in [0.5, 0.6) is 0 Å². The summed E-state index contributed by atoms with van der Waals surface area (Å²) in [7, 11) is -3.55. The molecule has 0 bridgehead atoms. The molecule has 0 saturated carbocycles. The van der Waals surface area contributed by atoms with Gasteiger partial charge in [0.25, 0.3) is 5.91 Å². The first-order valence-electron chi connectivity index (χ1n) is 9.59. The van der Waals surface area contributed by atoms with Gasteiger partial charge in [-0.05, 0) is 42.9 Å². The third kappa shape index (κ3) is 3.97. The van der Waals surface area contributed by atoms with E-state index in [9.17, 15) is 18.0 Å². The molecule has 2 aromatic heterocycles. The monoisotopic (exact) mass is 443 g/mol. The molecule has 3 aromatic rings. The number of carbonyl (C=O) groups is 2. The Morgan fingerprint density at radius 3 is 2.53 bits per heavy atom. The number of hydrogen-bond acceptors (Lipinski definition) is 6. The molecule has 0 fully saturated rings. The van der Waals surface area contributed by atoms with Crippen LogP contribution in [0.1, 0.15) is 50.3 Å². The fraction of sp³-hybridized carbons (Fsp3) is 0.273. The van der Waals surface area contributed by atoms with Crippen molar-refractivity contribution >= 4 is 37.9 Å². The zero-order valence-electron chi connectivity index (χ0n) is 16.6. The van der Waals surface area contributed by atoms with E-state index >= 15 is 0 Å². The van der Waals surface area contributed by atoms with Crippen LogP contribution in [0.3, 0.4) is 0 Å². The fourth-order valence-electron chi connectivity index (χ4n) is 3.62. The number of furan rings is 1. The van der Waals surface area contributed by atoms with Gasteiger partial charge in [-0.2, -0.15) is 0 Å². The Morgan fingerprint density at radius 1 is 1.13 bits per heavy atom. The van der Waals surface area contributed by atoms with Crippen molar-refractivity contribution in [2.75, 3.05) is 11.6 Å². The highest BCUT2D eigenvalue weighted by Crippen LogP contribution is 2.41. The lowest BCUT2D eigenvalue weighted by Crippen LogP contribution is -2.15. The summed E-state index contributed by atoms with van der Waals surface area (Å²) in [6, 6.07) is 11.6. The Balaban J connectivity index is 1.71. The number of anilines is 1. The first-order chi connectivity index (χ1) is 14.2. The number of carbonyl (C=O) groups excluding carboxylic acids is 2. The molecule has 1 atom stereocenters. The summed E-state index contributed by atoms with van der Waals surface area (Å²) in [5.41, 5.74) is 2.08. The summed E-state index contributed by atoms with van der Waals surface area (Å²) in [5, 5.41) is 2.99. The van der Waals surface area contributed by atoms with E-state index in [0.29, 0.717) is 22.0 Å². The molecule has 1 N–H and O–H groups in total. The largest absolute Gasteiger partial charge is 0.440 e. The average Bonchev–Trinajstić information content (AvgIpc) is 3.32. The Morgan fingerprint density at radius 2 is 1.87 bits per heavy atom. The molecule has 1 aliphatic rings. The number of fused-ring (bicyclic) bond motifs is 1. The van der Waals surface area contributed by atoms with Gasteiger partial charge in [-0.3, -0.25) is 9.59 Å². The molecule has 0 radical (unpaired) electrons. The number of sulfone groups is 1. The van der Waals surface area contributed by atoms with Gasteiger partial charge in [0, 0.05) is 16.7 Å². The molecule has 1 aliphatic carbocycles. The number of rotatable bonds is 5. The average molecular weight is 444 g/mol. The van der Waals surface area contributed by atoms with Gasteiger partial charge in [0.15, 0.2) is 11.5 Å². The molecular formula is C22H21NO5S2. The minimum absolute atomic E-state index is 0.117. The lowest BCUT2D eigenvalue weighted by molar-refractivity contribution is 0.0992. The second-order valence-corrected chi connectivity index (χ2v) is 10.6. The zero-order valence-corrected chi connectivity index (χ0v) is 18.2. The second-order valence-electron chi connectivity index (χ2n) is 7.60. The van der Waals surface area contributed by atoms with Gasteiger partial charge in [0.2, 0.25) is 14.9 Å². The quantitative estimate of drug-likeness (QED) is 0.592. The van der Waals surface area contributed by atoms with Crippen LogP contribution >= 0.6 is 11.3 Å². The third-order valence-electron chi connectivity index (χ3n) is 5.17. The van der Waals surface area contributed by atoms with Gasteiger partial charge in [-0.1, -0.05) is 37.3 Å². The molecule has 2 heterocycles.